The van der Waals surface area contributed by atoms with Gasteiger partial charge in [-0.2, -0.15) is 0 Å². The first-order valence-electron chi connectivity index (χ1n) is 6.85. The Bertz CT molecular complexity index is 501. The van der Waals surface area contributed by atoms with Crippen molar-refractivity contribution in [2.45, 2.75) is 52.7 Å². The summed E-state index contributed by atoms with van der Waals surface area (Å²) in [5.74, 6) is 1.15. The maximum atomic E-state index is 4.67. The van der Waals surface area contributed by atoms with E-state index in [2.05, 4.69) is 46.0 Å². The molecule has 0 radical (unpaired) electrons. The summed E-state index contributed by atoms with van der Waals surface area (Å²) in [6, 6.07) is 0.497. The van der Waals surface area contributed by atoms with Gasteiger partial charge >= 0.3 is 0 Å². The zero-order valence-electron chi connectivity index (χ0n) is 11.9. The first kappa shape index (κ1) is 14.2. The summed E-state index contributed by atoms with van der Waals surface area (Å²) < 4.78 is 2.19. The fourth-order valence-electron chi connectivity index (χ4n) is 1.90. The van der Waals surface area contributed by atoms with Crippen LogP contribution in [0.15, 0.2) is 17.8 Å². The molecule has 104 valence electrons. The van der Waals surface area contributed by atoms with Gasteiger partial charge in [0.15, 0.2) is 0 Å². The zero-order chi connectivity index (χ0) is 13.7. The number of imidazole rings is 1. The van der Waals surface area contributed by atoms with Gasteiger partial charge in [0.25, 0.3) is 0 Å². The van der Waals surface area contributed by atoms with E-state index < -0.39 is 0 Å². The maximum absolute atomic E-state index is 4.67. The average Bonchev–Trinajstić information content (AvgIpc) is 2.98. The molecular formula is C14H22N4S. The Morgan fingerprint density at radius 3 is 3.00 bits per heavy atom. The fraction of sp³-hybridized carbons (Fsp3) is 0.571. The van der Waals surface area contributed by atoms with Crippen LogP contribution in [0.2, 0.25) is 0 Å². The fourth-order valence-corrected chi connectivity index (χ4v) is 2.64. The van der Waals surface area contributed by atoms with Crippen molar-refractivity contribution < 1.29 is 0 Å². The molecule has 4 nitrogen and oxygen atoms in total. The number of rotatable bonds is 7. The lowest BCUT2D eigenvalue weighted by atomic mass is 10.3. The Kier molecular flexibility index (Phi) is 5.10. The van der Waals surface area contributed by atoms with Gasteiger partial charge in [-0.3, -0.25) is 0 Å². The summed E-state index contributed by atoms with van der Waals surface area (Å²) in [5.41, 5.74) is 1.13. The second-order valence-electron chi connectivity index (χ2n) is 4.99. The molecule has 0 aliphatic heterocycles. The monoisotopic (exact) mass is 278 g/mol. The summed E-state index contributed by atoms with van der Waals surface area (Å²) in [7, 11) is 0. The molecule has 19 heavy (non-hydrogen) atoms. The van der Waals surface area contributed by atoms with Crippen molar-refractivity contribution in [3.8, 4) is 0 Å². The Balaban J connectivity index is 1.97. The van der Waals surface area contributed by atoms with Crippen molar-refractivity contribution in [1.82, 2.24) is 19.9 Å². The van der Waals surface area contributed by atoms with Crippen LogP contribution < -0.4 is 5.32 Å². The lowest BCUT2D eigenvalue weighted by molar-refractivity contribution is 0.585. The normalized spacial score (nSPS) is 11.4. The number of aromatic nitrogens is 3. The van der Waals surface area contributed by atoms with Gasteiger partial charge in [-0.05, 0) is 6.42 Å². The summed E-state index contributed by atoms with van der Waals surface area (Å²) in [4.78, 5) is 9.06. The first-order chi connectivity index (χ1) is 9.19. The Hall–Kier alpha value is -1.20. The zero-order valence-corrected chi connectivity index (χ0v) is 12.7. The lowest BCUT2D eigenvalue weighted by Gasteiger charge is -2.05. The highest BCUT2D eigenvalue weighted by atomic mass is 32.1. The molecule has 0 aliphatic rings. The molecule has 0 fully saturated rings. The van der Waals surface area contributed by atoms with Crippen LogP contribution >= 0.6 is 11.3 Å². The van der Waals surface area contributed by atoms with Crippen molar-refractivity contribution in [2.24, 2.45) is 0 Å². The number of nitrogens with zero attached hydrogens (tertiary/aromatic N) is 3. The topological polar surface area (TPSA) is 42.7 Å². The molecule has 0 saturated heterocycles. The van der Waals surface area contributed by atoms with Crippen LogP contribution in [-0.4, -0.2) is 20.6 Å². The molecule has 0 aromatic carbocycles. The minimum Gasteiger partial charge on any atom is -0.329 e. The van der Waals surface area contributed by atoms with Crippen molar-refractivity contribution in [1.29, 1.82) is 0 Å². The molecule has 2 rings (SSSR count). The van der Waals surface area contributed by atoms with E-state index in [4.69, 9.17) is 0 Å². The number of thiazole rings is 1. The molecule has 0 unspecified atom stereocenters. The summed E-state index contributed by atoms with van der Waals surface area (Å²) in [6.45, 7) is 8.16. The highest BCUT2D eigenvalue weighted by molar-refractivity contribution is 7.09. The summed E-state index contributed by atoms with van der Waals surface area (Å²) >= 11 is 1.73. The molecule has 0 amide bonds. The van der Waals surface area contributed by atoms with Crippen LogP contribution in [0.4, 0.5) is 0 Å². The van der Waals surface area contributed by atoms with Crippen LogP contribution in [0.1, 0.15) is 43.7 Å². The average molecular weight is 278 g/mol. The van der Waals surface area contributed by atoms with E-state index >= 15 is 0 Å². The van der Waals surface area contributed by atoms with Crippen LogP contribution in [-0.2, 0) is 19.5 Å². The van der Waals surface area contributed by atoms with Gasteiger partial charge in [0.2, 0.25) is 0 Å². The first-order valence-corrected chi connectivity index (χ1v) is 7.73. The van der Waals surface area contributed by atoms with Gasteiger partial charge in [0.1, 0.15) is 10.8 Å². The largest absolute Gasteiger partial charge is 0.329 e. The molecule has 5 heteroatoms. The van der Waals surface area contributed by atoms with Crippen molar-refractivity contribution in [3.05, 3.63) is 34.3 Å². The molecule has 0 bridgehead atoms. The highest BCUT2D eigenvalue weighted by Gasteiger charge is 2.06. The Labute approximate surface area is 118 Å². The number of hydrogen-bond acceptors (Lipinski definition) is 4. The molecule has 0 aliphatic carbocycles. The second-order valence-corrected chi connectivity index (χ2v) is 5.93. The van der Waals surface area contributed by atoms with Gasteiger partial charge in [-0.25, -0.2) is 9.97 Å². The smallest absolute Gasteiger partial charge is 0.108 e. The van der Waals surface area contributed by atoms with Crippen LogP contribution in [0.25, 0.3) is 0 Å². The van der Waals surface area contributed by atoms with Gasteiger partial charge in [0, 0.05) is 36.8 Å². The van der Waals surface area contributed by atoms with E-state index in [1.54, 1.807) is 11.3 Å². The minimum atomic E-state index is 0.497. The number of hydrogen-bond donors (Lipinski definition) is 1. The van der Waals surface area contributed by atoms with Crippen LogP contribution in [0.3, 0.4) is 0 Å². The van der Waals surface area contributed by atoms with Crippen molar-refractivity contribution in [2.75, 3.05) is 0 Å². The van der Waals surface area contributed by atoms with E-state index in [0.29, 0.717) is 6.04 Å². The molecule has 2 aromatic rings. The third-order valence-corrected chi connectivity index (χ3v) is 3.77. The van der Waals surface area contributed by atoms with Gasteiger partial charge in [-0.15, -0.1) is 11.3 Å². The van der Waals surface area contributed by atoms with Gasteiger partial charge in [0.05, 0.1) is 12.2 Å². The lowest BCUT2D eigenvalue weighted by Crippen LogP contribution is -2.21. The third-order valence-electron chi connectivity index (χ3n) is 2.87. The summed E-state index contributed by atoms with van der Waals surface area (Å²) in [6.07, 6.45) is 6.06. The number of aryl methyl sites for hydroxylation is 1. The van der Waals surface area contributed by atoms with Crippen molar-refractivity contribution >= 4 is 11.3 Å². The van der Waals surface area contributed by atoms with E-state index in [1.807, 2.05) is 12.4 Å². The van der Waals surface area contributed by atoms with E-state index in [1.165, 1.54) is 0 Å². The van der Waals surface area contributed by atoms with Gasteiger partial charge in [-0.1, -0.05) is 20.8 Å². The predicted octanol–water partition coefficient (Wildman–Crippen LogP) is 2.84. The Morgan fingerprint density at radius 1 is 1.42 bits per heavy atom. The van der Waals surface area contributed by atoms with E-state index in [-0.39, 0.29) is 0 Å². The summed E-state index contributed by atoms with van der Waals surface area (Å²) in [5, 5.41) is 6.69. The second kappa shape index (κ2) is 6.82. The number of nitrogens with one attached hydrogen (secondary N) is 1. The molecule has 0 atom stereocenters. The quantitative estimate of drug-likeness (QED) is 0.847. The predicted molar refractivity (Wildman–Crippen MR) is 79.4 cm³/mol. The molecule has 1 N–H and O–H groups in total. The molecule has 2 aromatic heterocycles. The minimum absolute atomic E-state index is 0.497. The molecular weight excluding hydrogens is 256 g/mol. The molecule has 2 heterocycles. The van der Waals surface area contributed by atoms with Crippen molar-refractivity contribution in [3.63, 3.8) is 0 Å². The third kappa shape index (κ3) is 4.14. The SMILES string of the molecule is CCCc1nccn1Cc1csc(CNC(C)C)n1. The Morgan fingerprint density at radius 2 is 2.26 bits per heavy atom. The van der Waals surface area contributed by atoms with Crippen LogP contribution in [0.5, 0.6) is 0 Å². The maximum Gasteiger partial charge on any atom is 0.108 e. The standard InChI is InChI=1S/C14H22N4S/c1-4-5-13-15-6-7-18(13)9-12-10-19-14(17-12)8-16-11(2)3/h6-7,10-11,16H,4-5,8-9H2,1-3H3. The van der Waals surface area contributed by atoms with E-state index in [0.717, 1.165) is 42.5 Å². The van der Waals surface area contributed by atoms with Crippen LogP contribution in [0, 0.1) is 0 Å². The van der Waals surface area contributed by atoms with Gasteiger partial charge < -0.3 is 9.88 Å². The molecule has 0 spiro atoms. The molecule has 0 saturated carbocycles. The highest BCUT2D eigenvalue weighted by Crippen LogP contribution is 2.12. The van der Waals surface area contributed by atoms with E-state index in [9.17, 15) is 0 Å².